The van der Waals surface area contributed by atoms with E-state index in [4.69, 9.17) is 4.84 Å². The highest BCUT2D eigenvalue weighted by Crippen LogP contribution is 2.30. The van der Waals surface area contributed by atoms with Gasteiger partial charge in [0.05, 0.1) is 6.10 Å². The zero-order valence-corrected chi connectivity index (χ0v) is 19.8. The molecule has 0 aromatic carbocycles. The fourth-order valence-electron chi connectivity index (χ4n) is 4.45. The molecule has 0 aliphatic carbocycles. The molecule has 2 nitrogen and oxygen atoms in total. The lowest BCUT2D eigenvalue weighted by Gasteiger charge is -2.36. The molecule has 0 bridgehead atoms. The molecule has 0 radical (unpaired) electrons. The third-order valence-electron chi connectivity index (χ3n) is 6.05. The summed E-state index contributed by atoms with van der Waals surface area (Å²) in [4.78, 5) is 6.41. The van der Waals surface area contributed by atoms with E-state index in [0.29, 0.717) is 12.1 Å². The molecule has 0 aliphatic rings. The monoisotopic (exact) mass is 383 g/mol. The third-order valence-corrected chi connectivity index (χ3v) is 6.05. The highest BCUT2D eigenvalue weighted by atomic mass is 16.7. The van der Waals surface area contributed by atoms with Crippen molar-refractivity contribution in [2.75, 3.05) is 0 Å². The predicted octanol–water partition coefficient (Wildman–Crippen LogP) is 8.45. The van der Waals surface area contributed by atoms with Crippen LogP contribution in [-0.2, 0) is 4.84 Å². The summed E-state index contributed by atoms with van der Waals surface area (Å²) in [6, 6.07) is 0.531. The van der Waals surface area contributed by atoms with Crippen molar-refractivity contribution in [1.82, 2.24) is 5.48 Å². The van der Waals surface area contributed by atoms with E-state index >= 15 is 0 Å². The fraction of sp³-hybridized carbons (Fsp3) is 1.00. The molecule has 0 heterocycles. The molecule has 0 spiro atoms. The van der Waals surface area contributed by atoms with Crippen LogP contribution in [0.5, 0.6) is 0 Å². The Labute approximate surface area is 172 Å². The van der Waals surface area contributed by atoms with Crippen LogP contribution >= 0.6 is 0 Å². The maximum absolute atomic E-state index is 6.41. The third kappa shape index (κ3) is 12.9. The minimum absolute atomic E-state index is 0.388. The van der Waals surface area contributed by atoms with Crippen LogP contribution in [0.15, 0.2) is 0 Å². The van der Waals surface area contributed by atoms with Gasteiger partial charge < -0.3 is 0 Å². The lowest BCUT2D eigenvalue weighted by atomic mass is 9.79. The van der Waals surface area contributed by atoms with Gasteiger partial charge in [0.2, 0.25) is 0 Å². The van der Waals surface area contributed by atoms with E-state index in [2.05, 4.69) is 47.0 Å². The molecule has 0 saturated heterocycles. The number of hydrogen-bond donors (Lipinski definition) is 1. The molecular formula is C25H53NO. The molecule has 0 aromatic heterocycles. The Morgan fingerprint density at radius 3 is 1.37 bits per heavy atom. The largest absolute Gasteiger partial charge is 0.298 e. The summed E-state index contributed by atoms with van der Waals surface area (Å²) >= 11 is 0. The number of hydroxylamine groups is 1. The average Bonchev–Trinajstić information content (AvgIpc) is 2.67. The minimum Gasteiger partial charge on any atom is -0.298 e. The second kappa shape index (κ2) is 19.2. The minimum atomic E-state index is 0.388. The van der Waals surface area contributed by atoms with Crippen molar-refractivity contribution in [3.05, 3.63) is 0 Å². The van der Waals surface area contributed by atoms with E-state index in [1.807, 2.05) is 0 Å². The predicted molar refractivity (Wildman–Crippen MR) is 122 cm³/mol. The summed E-state index contributed by atoms with van der Waals surface area (Å²) in [7, 11) is 0. The van der Waals surface area contributed by atoms with Crippen molar-refractivity contribution in [1.29, 1.82) is 0 Å². The van der Waals surface area contributed by atoms with Crippen LogP contribution < -0.4 is 5.48 Å². The molecule has 0 amide bonds. The van der Waals surface area contributed by atoms with Gasteiger partial charge in [-0.15, -0.1) is 0 Å². The molecule has 0 fully saturated rings. The van der Waals surface area contributed by atoms with Crippen molar-refractivity contribution in [2.24, 2.45) is 11.8 Å². The Hall–Kier alpha value is -0.0800. The number of unbranched alkanes of at least 4 members (excludes halogenated alkanes) is 3. The number of hydrogen-bond acceptors (Lipinski definition) is 2. The summed E-state index contributed by atoms with van der Waals surface area (Å²) in [5.41, 5.74) is 3.70. The molecule has 0 aromatic rings. The Bertz CT molecular complexity index is 276. The number of nitrogens with one attached hydrogen (secondary N) is 1. The topological polar surface area (TPSA) is 21.3 Å². The standard InChI is InChI=1S/C25H53NO/c1-7-13-19-22(16-10-4)25(23(17-11-5)20-14-8-2)26-27-24(18-12-6)21-15-9-3/h22-26H,7-21H2,1-6H3. The van der Waals surface area contributed by atoms with Gasteiger partial charge in [0.1, 0.15) is 0 Å². The summed E-state index contributed by atoms with van der Waals surface area (Å²) in [5, 5.41) is 0. The van der Waals surface area contributed by atoms with E-state index < -0.39 is 0 Å². The second-order valence-corrected chi connectivity index (χ2v) is 8.70. The van der Waals surface area contributed by atoms with Crippen molar-refractivity contribution in [2.45, 2.75) is 150 Å². The van der Waals surface area contributed by atoms with Gasteiger partial charge in [-0.2, -0.15) is 5.48 Å². The van der Waals surface area contributed by atoms with E-state index in [0.717, 1.165) is 11.8 Å². The van der Waals surface area contributed by atoms with Crippen LogP contribution in [0.4, 0.5) is 0 Å². The Morgan fingerprint density at radius 2 is 0.963 bits per heavy atom. The van der Waals surface area contributed by atoms with Crippen LogP contribution in [-0.4, -0.2) is 12.1 Å². The Kier molecular flexibility index (Phi) is 19.2. The molecule has 3 atom stereocenters. The Morgan fingerprint density at radius 1 is 0.519 bits per heavy atom. The molecule has 0 aliphatic heterocycles. The molecule has 0 rings (SSSR count). The summed E-state index contributed by atoms with van der Waals surface area (Å²) in [6.07, 6.45) is 19.8. The fourth-order valence-corrected chi connectivity index (χ4v) is 4.45. The molecule has 27 heavy (non-hydrogen) atoms. The molecule has 1 N–H and O–H groups in total. The van der Waals surface area contributed by atoms with Crippen LogP contribution in [0.25, 0.3) is 0 Å². The van der Waals surface area contributed by atoms with Crippen molar-refractivity contribution >= 4 is 0 Å². The smallest absolute Gasteiger partial charge is 0.0790 e. The first kappa shape index (κ1) is 26.9. The van der Waals surface area contributed by atoms with Crippen LogP contribution in [0.2, 0.25) is 0 Å². The maximum Gasteiger partial charge on any atom is 0.0790 e. The van der Waals surface area contributed by atoms with E-state index in [-0.39, 0.29) is 0 Å². The van der Waals surface area contributed by atoms with E-state index in [9.17, 15) is 0 Å². The zero-order chi connectivity index (χ0) is 20.3. The van der Waals surface area contributed by atoms with Gasteiger partial charge in [-0.25, -0.2) is 0 Å². The lowest BCUT2D eigenvalue weighted by Crippen LogP contribution is -2.44. The van der Waals surface area contributed by atoms with E-state index in [1.54, 1.807) is 0 Å². The molecule has 164 valence electrons. The molecule has 0 saturated carbocycles. The van der Waals surface area contributed by atoms with Crippen molar-refractivity contribution in [3.8, 4) is 0 Å². The number of rotatable bonds is 20. The quantitative estimate of drug-likeness (QED) is 0.213. The van der Waals surface area contributed by atoms with E-state index in [1.165, 1.54) is 96.3 Å². The lowest BCUT2D eigenvalue weighted by molar-refractivity contribution is -0.0765. The maximum atomic E-state index is 6.41. The van der Waals surface area contributed by atoms with Gasteiger partial charge in [-0.1, -0.05) is 99.3 Å². The highest BCUT2D eigenvalue weighted by molar-refractivity contribution is 4.82. The molecule has 2 heteroatoms. The van der Waals surface area contributed by atoms with Crippen LogP contribution in [0, 0.1) is 11.8 Å². The highest BCUT2D eigenvalue weighted by Gasteiger charge is 2.29. The molecule has 3 unspecified atom stereocenters. The van der Waals surface area contributed by atoms with Gasteiger partial charge in [-0.05, 0) is 50.4 Å². The van der Waals surface area contributed by atoms with Gasteiger partial charge in [0.25, 0.3) is 0 Å². The Balaban J connectivity index is 5.18. The average molecular weight is 384 g/mol. The normalized spacial score (nSPS) is 16.2. The molecular weight excluding hydrogens is 330 g/mol. The van der Waals surface area contributed by atoms with Gasteiger partial charge in [-0.3, -0.25) is 4.84 Å². The van der Waals surface area contributed by atoms with Gasteiger partial charge >= 0.3 is 0 Å². The first-order valence-corrected chi connectivity index (χ1v) is 12.6. The summed E-state index contributed by atoms with van der Waals surface area (Å²) in [6.45, 7) is 13.9. The summed E-state index contributed by atoms with van der Waals surface area (Å²) in [5.74, 6) is 1.52. The second-order valence-electron chi connectivity index (χ2n) is 8.70. The van der Waals surface area contributed by atoms with Crippen LogP contribution in [0.1, 0.15) is 138 Å². The van der Waals surface area contributed by atoms with Crippen LogP contribution in [0.3, 0.4) is 0 Å². The van der Waals surface area contributed by atoms with Crippen molar-refractivity contribution in [3.63, 3.8) is 0 Å². The zero-order valence-electron chi connectivity index (χ0n) is 19.8. The first-order valence-electron chi connectivity index (χ1n) is 12.6. The SMILES string of the molecule is CCCCC(CCC)ONC(C(CCC)CCCC)C(CCC)CCCC. The van der Waals surface area contributed by atoms with Gasteiger partial charge in [0, 0.05) is 6.04 Å². The van der Waals surface area contributed by atoms with Crippen molar-refractivity contribution < 1.29 is 4.84 Å². The van der Waals surface area contributed by atoms with Gasteiger partial charge in [0.15, 0.2) is 0 Å². The summed E-state index contributed by atoms with van der Waals surface area (Å²) < 4.78 is 0. The first-order chi connectivity index (χ1) is 13.2.